The van der Waals surface area contributed by atoms with Crippen LogP contribution in [0.2, 0.25) is 0 Å². The Morgan fingerprint density at radius 1 is 0.800 bits per heavy atom. The molecule has 4 aromatic rings. The van der Waals surface area contributed by atoms with Crippen molar-refractivity contribution >= 4 is 22.5 Å². The molecule has 0 unspecified atom stereocenters. The maximum Gasteiger partial charge on any atom is 0.227 e. The topological polar surface area (TPSA) is 56.3 Å². The van der Waals surface area contributed by atoms with Gasteiger partial charge in [0.25, 0.3) is 0 Å². The Morgan fingerprint density at radius 3 is 2.07 bits per heavy atom. The second-order valence-corrected chi connectivity index (χ2v) is 7.40. The van der Waals surface area contributed by atoms with Crippen LogP contribution in [0.4, 0.5) is 11.6 Å². The van der Waals surface area contributed by atoms with Crippen molar-refractivity contribution in [3.8, 4) is 22.6 Å². The minimum atomic E-state index is 0.287. The van der Waals surface area contributed by atoms with E-state index in [2.05, 4.69) is 48.4 Å². The molecular weight excluding hydrogens is 374 g/mol. The first-order valence-corrected chi connectivity index (χ1v) is 9.94. The number of hydrogen-bond donors (Lipinski definition) is 1. The van der Waals surface area contributed by atoms with Crippen molar-refractivity contribution in [3.63, 3.8) is 0 Å². The number of nitrogens with zero attached hydrogens (tertiary/aromatic N) is 2. The molecule has 30 heavy (non-hydrogen) atoms. The fourth-order valence-electron chi connectivity index (χ4n) is 3.56. The molecule has 0 aliphatic rings. The van der Waals surface area contributed by atoms with Crippen LogP contribution in [0, 0.1) is 0 Å². The molecule has 0 aliphatic carbocycles. The highest BCUT2D eigenvalue weighted by Crippen LogP contribution is 2.33. The Bertz CT molecular complexity index is 1150. The Morgan fingerprint density at radius 2 is 1.47 bits per heavy atom. The number of aromatic nitrogens is 2. The predicted molar refractivity (Wildman–Crippen MR) is 122 cm³/mol. The molecule has 0 saturated heterocycles. The average molecular weight is 399 g/mol. The van der Waals surface area contributed by atoms with Crippen molar-refractivity contribution in [2.45, 2.75) is 19.8 Å². The summed E-state index contributed by atoms with van der Waals surface area (Å²) in [6.45, 7) is 4.29. The van der Waals surface area contributed by atoms with Crippen LogP contribution in [0.3, 0.4) is 0 Å². The van der Waals surface area contributed by atoms with E-state index in [4.69, 9.17) is 14.5 Å². The molecule has 0 saturated carbocycles. The summed E-state index contributed by atoms with van der Waals surface area (Å²) in [6, 6.07) is 20.2. The van der Waals surface area contributed by atoms with Gasteiger partial charge in [-0.25, -0.2) is 9.97 Å². The van der Waals surface area contributed by atoms with Crippen LogP contribution in [0.5, 0.6) is 11.5 Å². The molecule has 3 aromatic carbocycles. The van der Waals surface area contributed by atoms with Crippen molar-refractivity contribution in [1.82, 2.24) is 9.97 Å². The highest BCUT2D eigenvalue weighted by molar-refractivity contribution is 5.85. The van der Waals surface area contributed by atoms with Gasteiger partial charge in [0.2, 0.25) is 5.95 Å². The summed E-state index contributed by atoms with van der Waals surface area (Å²) in [5.41, 5.74) is 5.21. The molecule has 1 heterocycles. The van der Waals surface area contributed by atoms with Gasteiger partial charge in [0, 0.05) is 22.8 Å². The molecule has 1 aromatic heterocycles. The highest BCUT2D eigenvalue weighted by atomic mass is 16.5. The molecule has 0 spiro atoms. The lowest BCUT2D eigenvalue weighted by atomic mass is 9.99. The highest BCUT2D eigenvalue weighted by Gasteiger charge is 2.14. The number of ether oxygens (including phenoxy) is 2. The van der Waals surface area contributed by atoms with Crippen LogP contribution >= 0.6 is 0 Å². The summed E-state index contributed by atoms with van der Waals surface area (Å²) in [5.74, 6) is 2.55. The van der Waals surface area contributed by atoms with Gasteiger partial charge in [-0.05, 0) is 53.4 Å². The van der Waals surface area contributed by atoms with Crippen molar-refractivity contribution in [1.29, 1.82) is 0 Å². The zero-order valence-corrected chi connectivity index (χ0v) is 17.6. The third kappa shape index (κ3) is 3.92. The van der Waals surface area contributed by atoms with E-state index in [1.807, 2.05) is 42.6 Å². The van der Waals surface area contributed by atoms with Crippen LogP contribution in [0.1, 0.15) is 25.3 Å². The summed E-state index contributed by atoms with van der Waals surface area (Å²) >= 11 is 0. The number of anilines is 2. The maximum atomic E-state index is 5.55. The smallest absolute Gasteiger partial charge is 0.227 e. The average Bonchev–Trinajstić information content (AvgIpc) is 2.78. The number of benzene rings is 3. The molecule has 5 nitrogen and oxygen atoms in total. The van der Waals surface area contributed by atoms with Crippen LogP contribution < -0.4 is 14.8 Å². The molecule has 0 aliphatic heterocycles. The fraction of sp³-hybridized carbons (Fsp3) is 0.200. The van der Waals surface area contributed by atoms with E-state index < -0.39 is 0 Å². The first kappa shape index (κ1) is 19.7. The van der Waals surface area contributed by atoms with Crippen LogP contribution in [0.25, 0.3) is 22.0 Å². The van der Waals surface area contributed by atoms with Crippen molar-refractivity contribution in [2.75, 3.05) is 19.5 Å². The predicted octanol–water partition coefficient (Wildman–Crippen LogP) is 6.18. The van der Waals surface area contributed by atoms with Crippen LogP contribution in [-0.2, 0) is 0 Å². The molecular formula is C25H25N3O2. The van der Waals surface area contributed by atoms with Gasteiger partial charge < -0.3 is 14.8 Å². The molecule has 0 bridgehead atoms. The van der Waals surface area contributed by atoms with E-state index in [0.717, 1.165) is 44.8 Å². The number of rotatable bonds is 6. The molecule has 1 N–H and O–H groups in total. The molecule has 4 rings (SSSR count). The summed E-state index contributed by atoms with van der Waals surface area (Å²) in [6.07, 6.45) is 1.85. The van der Waals surface area contributed by atoms with Gasteiger partial charge in [-0.2, -0.15) is 0 Å². The maximum absolute atomic E-state index is 5.55. The SMILES string of the molecule is COc1ccc(-c2ccc(Nc3ncc4ccc(OC)c(C(C)C)c4n3)cc2)cc1. The minimum Gasteiger partial charge on any atom is -0.497 e. The van der Waals surface area contributed by atoms with E-state index in [-0.39, 0.29) is 5.92 Å². The van der Waals surface area contributed by atoms with Gasteiger partial charge in [0.05, 0.1) is 19.7 Å². The summed E-state index contributed by atoms with van der Waals surface area (Å²) in [5, 5.41) is 4.31. The van der Waals surface area contributed by atoms with Gasteiger partial charge in [-0.1, -0.05) is 38.1 Å². The fourth-order valence-corrected chi connectivity index (χ4v) is 3.56. The Balaban J connectivity index is 1.61. The van der Waals surface area contributed by atoms with E-state index in [9.17, 15) is 0 Å². The molecule has 5 heteroatoms. The van der Waals surface area contributed by atoms with Crippen molar-refractivity contribution in [2.24, 2.45) is 0 Å². The number of fused-ring (bicyclic) bond motifs is 1. The van der Waals surface area contributed by atoms with Crippen molar-refractivity contribution in [3.05, 3.63) is 72.4 Å². The zero-order valence-electron chi connectivity index (χ0n) is 17.6. The molecule has 0 fully saturated rings. The third-order valence-corrected chi connectivity index (χ3v) is 5.11. The van der Waals surface area contributed by atoms with Gasteiger partial charge in [0.1, 0.15) is 11.5 Å². The quantitative estimate of drug-likeness (QED) is 0.419. The minimum absolute atomic E-state index is 0.287. The first-order chi connectivity index (χ1) is 14.6. The van der Waals surface area contributed by atoms with E-state index in [1.54, 1.807) is 14.2 Å². The number of nitrogens with one attached hydrogen (secondary N) is 1. The van der Waals surface area contributed by atoms with Crippen LogP contribution in [-0.4, -0.2) is 24.2 Å². The largest absolute Gasteiger partial charge is 0.497 e. The standard InChI is InChI=1S/C25H25N3O2/c1-16(2)23-22(30-4)14-9-19-15-26-25(28-24(19)23)27-20-10-5-17(6-11-20)18-7-12-21(29-3)13-8-18/h5-16H,1-4H3,(H,26,27,28). The number of hydrogen-bond acceptors (Lipinski definition) is 5. The van der Waals surface area contributed by atoms with Crippen LogP contribution in [0.15, 0.2) is 66.9 Å². The Kier molecular flexibility index (Phi) is 5.53. The molecule has 0 amide bonds. The lowest BCUT2D eigenvalue weighted by Crippen LogP contribution is -2.01. The van der Waals surface area contributed by atoms with Crippen molar-refractivity contribution < 1.29 is 9.47 Å². The lowest BCUT2D eigenvalue weighted by Gasteiger charge is -2.15. The number of methoxy groups -OCH3 is 2. The second-order valence-electron chi connectivity index (χ2n) is 7.40. The van der Waals surface area contributed by atoms with Gasteiger partial charge >= 0.3 is 0 Å². The van der Waals surface area contributed by atoms with Gasteiger partial charge in [0.15, 0.2) is 0 Å². The van der Waals surface area contributed by atoms with Gasteiger partial charge in [-0.15, -0.1) is 0 Å². The molecule has 0 atom stereocenters. The molecule has 152 valence electrons. The van der Waals surface area contributed by atoms with Gasteiger partial charge in [-0.3, -0.25) is 0 Å². The summed E-state index contributed by atoms with van der Waals surface area (Å²) < 4.78 is 10.8. The normalized spacial score (nSPS) is 11.0. The zero-order chi connectivity index (χ0) is 21.1. The Hall–Kier alpha value is -3.60. The Labute approximate surface area is 176 Å². The van der Waals surface area contributed by atoms with E-state index in [0.29, 0.717) is 5.95 Å². The second kappa shape index (κ2) is 8.41. The van der Waals surface area contributed by atoms with E-state index in [1.165, 1.54) is 0 Å². The summed E-state index contributed by atoms with van der Waals surface area (Å²) in [7, 11) is 3.36. The first-order valence-electron chi connectivity index (χ1n) is 9.94. The lowest BCUT2D eigenvalue weighted by molar-refractivity contribution is 0.408. The van der Waals surface area contributed by atoms with E-state index >= 15 is 0 Å². The third-order valence-electron chi connectivity index (χ3n) is 5.11. The molecule has 0 radical (unpaired) electrons. The summed E-state index contributed by atoms with van der Waals surface area (Å²) in [4.78, 5) is 9.26. The monoisotopic (exact) mass is 399 g/mol.